The average Bonchev–Trinajstić information content (AvgIpc) is 4.11. The Hall–Kier alpha value is -4.90. The molecule has 11 heteroatoms. The van der Waals surface area contributed by atoms with E-state index >= 15 is 0 Å². The van der Waals surface area contributed by atoms with E-state index < -0.39 is 38.7 Å². The molecule has 4 aromatic rings. The van der Waals surface area contributed by atoms with E-state index in [4.69, 9.17) is 14.7 Å². The van der Waals surface area contributed by atoms with Gasteiger partial charge in [-0.3, -0.25) is 19.1 Å². The quantitative estimate of drug-likeness (QED) is 0.200. The van der Waals surface area contributed by atoms with Gasteiger partial charge in [-0.2, -0.15) is 4.98 Å². The van der Waals surface area contributed by atoms with Crippen molar-refractivity contribution >= 4 is 38.5 Å². The first-order valence-corrected chi connectivity index (χ1v) is 20.8. The standard InChI is InChI=1S/C43H46N4O6S/c48-38-27-43(42(50)46-54(51,52)34-22-23-34)26-32(43)19-11-3-1-2-8-18-31(24-29-14-6-4-7-15-29)41(49)47-28-33(25-37(38)47)53-40-35-20-12-13-21-36(35)44-39(45-40)30-16-9-5-10-17-30/h4-7,9-17,19-21,31-34,37H,1-3,8,18,22-28H2,(H,46,50)/b19-11-/t31-,32+,33-,37+,43-/m1/s1. The number of benzene rings is 3. The molecule has 2 aliphatic heterocycles. The third-order valence-corrected chi connectivity index (χ3v) is 13.4. The van der Waals surface area contributed by atoms with Crippen molar-refractivity contribution < 1.29 is 27.5 Å². The number of aromatic nitrogens is 2. The molecule has 3 fully saturated rings. The number of sulfonamides is 1. The highest BCUT2D eigenvalue weighted by Gasteiger charge is 2.61. The van der Waals surface area contributed by atoms with Crippen molar-refractivity contribution in [3.63, 3.8) is 0 Å². The van der Waals surface area contributed by atoms with Crippen LogP contribution < -0.4 is 9.46 Å². The van der Waals surface area contributed by atoms with E-state index in [0.717, 1.165) is 42.2 Å². The number of fused-ring (bicyclic) bond motifs is 3. The normalized spacial score (nSPS) is 26.9. The number of ether oxygens (including phenoxy) is 1. The Balaban J connectivity index is 1.12. The Bertz CT molecular complexity index is 2170. The summed E-state index contributed by atoms with van der Waals surface area (Å²) in [5.41, 5.74) is 1.42. The van der Waals surface area contributed by atoms with Crippen LogP contribution in [0.15, 0.2) is 97.1 Å². The summed E-state index contributed by atoms with van der Waals surface area (Å²) in [5, 5.41) is 0.160. The van der Waals surface area contributed by atoms with Gasteiger partial charge in [-0.1, -0.05) is 97.8 Å². The number of carbonyl (C=O) groups excluding carboxylic acids is 3. The third-order valence-electron chi connectivity index (χ3n) is 11.5. The predicted molar refractivity (Wildman–Crippen MR) is 206 cm³/mol. The number of amides is 2. The minimum absolute atomic E-state index is 0.101. The molecule has 1 saturated heterocycles. The number of rotatable bonds is 8. The van der Waals surface area contributed by atoms with Crippen LogP contribution in [0.2, 0.25) is 0 Å². The van der Waals surface area contributed by atoms with Crippen LogP contribution >= 0.6 is 0 Å². The van der Waals surface area contributed by atoms with Gasteiger partial charge < -0.3 is 9.64 Å². The lowest BCUT2D eigenvalue weighted by Crippen LogP contribution is -2.46. The fraction of sp³-hybridized carbons (Fsp3) is 0.419. The van der Waals surface area contributed by atoms with Gasteiger partial charge in [0, 0.05) is 24.3 Å². The van der Waals surface area contributed by atoms with Crippen LogP contribution in [0.1, 0.15) is 69.8 Å². The maximum atomic E-state index is 14.8. The van der Waals surface area contributed by atoms with E-state index in [-0.39, 0.29) is 42.9 Å². The van der Waals surface area contributed by atoms with Crippen LogP contribution in [0, 0.1) is 17.3 Å². The molecule has 2 saturated carbocycles. The summed E-state index contributed by atoms with van der Waals surface area (Å²) >= 11 is 0. The molecule has 1 aromatic heterocycles. The molecule has 3 heterocycles. The van der Waals surface area contributed by atoms with E-state index in [0.29, 0.717) is 49.3 Å². The van der Waals surface area contributed by atoms with Gasteiger partial charge in [0.2, 0.25) is 27.7 Å². The van der Waals surface area contributed by atoms with Gasteiger partial charge in [0.05, 0.1) is 34.2 Å². The van der Waals surface area contributed by atoms with Crippen molar-refractivity contribution in [3.05, 3.63) is 103 Å². The second-order valence-corrected chi connectivity index (χ2v) is 17.4. The Morgan fingerprint density at radius 2 is 1.63 bits per heavy atom. The fourth-order valence-electron chi connectivity index (χ4n) is 8.23. The summed E-state index contributed by atoms with van der Waals surface area (Å²) in [4.78, 5) is 54.6. The minimum Gasteiger partial charge on any atom is -0.472 e. The number of para-hydroxylation sites is 1. The SMILES string of the molecule is O=C1C[C@]2(C(=O)NS(=O)(=O)C3CC3)C[C@@H]2/C=C\CCCCC[C@H](Cc2ccccc2)C(=O)N2C[C@H](Oc3nc(-c4ccccc4)nc4ccccc34)C[C@@H]12. The highest BCUT2D eigenvalue weighted by Crippen LogP contribution is 2.57. The highest BCUT2D eigenvalue weighted by atomic mass is 32.2. The number of carbonyl (C=O) groups is 3. The maximum Gasteiger partial charge on any atom is 0.240 e. The van der Waals surface area contributed by atoms with E-state index in [9.17, 15) is 22.8 Å². The lowest BCUT2D eigenvalue weighted by Gasteiger charge is -2.29. The first-order chi connectivity index (χ1) is 26.2. The number of hydrogen-bond acceptors (Lipinski definition) is 8. The molecule has 1 N–H and O–H groups in total. The zero-order valence-electron chi connectivity index (χ0n) is 30.3. The number of Topliss-reactive ketones (excluding diaryl/α,β-unsaturated/α-hetero) is 1. The molecular formula is C43H46N4O6S. The smallest absolute Gasteiger partial charge is 0.240 e. The molecule has 3 aromatic carbocycles. The molecule has 2 aliphatic carbocycles. The summed E-state index contributed by atoms with van der Waals surface area (Å²) in [6.45, 7) is 0.179. The lowest BCUT2D eigenvalue weighted by molar-refractivity contribution is -0.142. The zero-order chi connectivity index (χ0) is 37.3. The van der Waals surface area contributed by atoms with Crippen LogP contribution in [0.25, 0.3) is 22.3 Å². The van der Waals surface area contributed by atoms with Crippen LogP contribution in [0.3, 0.4) is 0 Å². The van der Waals surface area contributed by atoms with Crippen LogP contribution in [-0.4, -0.2) is 64.8 Å². The first-order valence-electron chi connectivity index (χ1n) is 19.3. The van der Waals surface area contributed by atoms with Crippen molar-refractivity contribution in [2.24, 2.45) is 17.3 Å². The van der Waals surface area contributed by atoms with Crippen molar-refractivity contribution in [1.29, 1.82) is 0 Å². The molecule has 0 spiro atoms. The average molecular weight is 747 g/mol. The monoisotopic (exact) mass is 746 g/mol. The molecular weight excluding hydrogens is 701 g/mol. The van der Waals surface area contributed by atoms with Crippen molar-refractivity contribution in [2.75, 3.05) is 6.54 Å². The molecule has 0 bridgehead atoms. The summed E-state index contributed by atoms with van der Waals surface area (Å²) in [6.07, 6.45) is 9.78. The van der Waals surface area contributed by atoms with Gasteiger partial charge in [0.25, 0.3) is 0 Å². The molecule has 4 aliphatic rings. The van der Waals surface area contributed by atoms with Crippen molar-refractivity contribution in [2.45, 2.75) is 88.0 Å². The van der Waals surface area contributed by atoms with Gasteiger partial charge in [-0.25, -0.2) is 13.4 Å². The van der Waals surface area contributed by atoms with Crippen molar-refractivity contribution in [1.82, 2.24) is 19.6 Å². The molecule has 0 unspecified atom stereocenters. The summed E-state index contributed by atoms with van der Waals surface area (Å²) in [6, 6.07) is 26.4. The number of nitrogens with zero attached hydrogens (tertiary/aromatic N) is 3. The molecule has 0 radical (unpaired) electrons. The Kier molecular flexibility index (Phi) is 10.1. The third kappa shape index (κ3) is 7.69. The van der Waals surface area contributed by atoms with Crippen LogP contribution in [-0.2, 0) is 30.8 Å². The topological polar surface area (TPSA) is 136 Å². The number of allylic oxidation sites excluding steroid dienone is 2. The molecule has 8 rings (SSSR count). The Morgan fingerprint density at radius 3 is 2.41 bits per heavy atom. The summed E-state index contributed by atoms with van der Waals surface area (Å²) in [5.74, 6) is -0.690. The molecule has 5 atom stereocenters. The van der Waals surface area contributed by atoms with Crippen LogP contribution in [0.5, 0.6) is 5.88 Å². The van der Waals surface area contributed by atoms with Gasteiger partial charge in [0.15, 0.2) is 11.6 Å². The van der Waals surface area contributed by atoms with Gasteiger partial charge in [-0.15, -0.1) is 0 Å². The molecule has 2 amide bonds. The number of hydrogen-bond donors (Lipinski definition) is 1. The lowest BCUT2D eigenvalue weighted by atomic mass is 9.90. The fourth-order valence-corrected chi connectivity index (χ4v) is 9.62. The second-order valence-electron chi connectivity index (χ2n) is 15.5. The second kappa shape index (κ2) is 15.1. The van der Waals surface area contributed by atoms with E-state index in [2.05, 4.69) is 10.8 Å². The van der Waals surface area contributed by atoms with Gasteiger partial charge in [-0.05, 0) is 68.6 Å². The molecule has 10 nitrogen and oxygen atoms in total. The number of ketones is 1. The summed E-state index contributed by atoms with van der Waals surface area (Å²) < 4.78 is 34.8. The first kappa shape index (κ1) is 36.1. The van der Waals surface area contributed by atoms with E-state index in [1.165, 1.54) is 0 Å². The van der Waals surface area contributed by atoms with Gasteiger partial charge >= 0.3 is 0 Å². The zero-order valence-corrected chi connectivity index (χ0v) is 31.1. The van der Waals surface area contributed by atoms with Gasteiger partial charge in [0.1, 0.15) is 6.10 Å². The van der Waals surface area contributed by atoms with E-state index in [1.54, 1.807) is 4.90 Å². The van der Waals surface area contributed by atoms with E-state index in [1.807, 2.05) is 91.0 Å². The Labute approximate surface area is 316 Å². The van der Waals surface area contributed by atoms with Crippen molar-refractivity contribution in [3.8, 4) is 17.3 Å². The van der Waals surface area contributed by atoms with Crippen LogP contribution in [0.4, 0.5) is 0 Å². The molecule has 54 heavy (non-hydrogen) atoms. The highest BCUT2D eigenvalue weighted by molar-refractivity contribution is 7.90. The largest absolute Gasteiger partial charge is 0.472 e. The maximum absolute atomic E-state index is 14.8. The number of nitrogens with one attached hydrogen (secondary N) is 1. The minimum atomic E-state index is -3.81. The Morgan fingerprint density at radius 1 is 0.889 bits per heavy atom. The predicted octanol–water partition coefficient (Wildman–Crippen LogP) is 6.60. The molecule has 280 valence electrons. The summed E-state index contributed by atoms with van der Waals surface area (Å²) in [7, 11) is -3.81.